The number of halogens is 1. The molecule has 4 heterocycles. The molecular weight excluding hydrogens is 628 g/mol. The van der Waals surface area contributed by atoms with Gasteiger partial charge in [-0.3, -0.25) is 14.4 Å². The Bertz CT molecular complexity index is 1580. The molecule has 3 aliphatic rings. The van der Waals surface area contributed by atoms with Crippen LogP contribution in [0.2, 0.25) is 0 Å². The Kier molecular flexibility index (Phi) is 8.40. The predicted molar refractivity (Wildman–Crippen MR) is 168 cm³/mol. The van der Waals surface area contributed by atoms with E-state index in [0.717, 1.165) is 5.52 Å². The Morgan fingerprint density at radius 2 is 1.82 bits per heavy atom. The van der Waals surface area contributed by atoms with Crippen LogP contribution in [0, 0.1) is 11.8 Å². The summed E-state index contributed by atoms with van der Waals surface area (Å²) < 4.78 is 8.33. The normalized spacial score (nSPS) is 27.0. The molecule has 1 spiro atoms. The molecule has 6 rings (SSSR count). The second kappa shape index (κ2) is 12.3. The highest BCUT2D eigenvalue weighted by molar-refractivity contribution is 9.09. The first-order chi connectivity index (χ1) is 21.4. The fourth-order valence-electron chi connectivity index (χ4n) is 7.14. The van der Waals surface area contributed by atoms with Gasteiger partial charge in [-0.25, -0.2) is 4.68 Å². The Morgan fingerprint density at radius 1 is 1.09 bits per heavy atom. The van der Waals surface area contributed by atoms with Crippen LogP contribution >= 0.6 is 15.9 Å². The van der Waals surface area contributed by atoms with Crippen molar-refractivity contribution in [1.29, 1.82) is 0 Å². The van der Waals surface area contributed by atoms with E-state index in [0.29, 0.717) is 17.6 Å². The number of carbonyl (C=O) groups excluding carboxylic acids is 3. The van der Waals surface area contributed by atoms with Gasteiger partial charge >= 0.3 is 0 Å². The molecule has 1 aromatic heterocycles. The van der Waals surface area contributed by atoms with E-state index in [-0.39, 0.29) is 61.9 Å². The van der Waals surface area contributed by atoms with Gasteiger partial charge in [-0.05, 0) is 37.1 Å². The van der Waals surface area contributed by atoms with Crippen LogP contribution in [0.1, 0.15) is 12.8 Å². The maximum absolute atomic E-state index is 14.6. The zero-order chi connectivity index (χ0) is 31.0. The molecule has 3 unspecified atom stereocenters. The number of rotatable bonds is 12. The molecule has 11 nitrogen and oxygen atoms in total. The van der Waals surface area contributed by atoms with E-state index in [1.165, 1.54) is 4.90 Å². The van der Waals surface area contributed by atoms with Gasteiger partial charge in [-0.15, -0.1) is 18.3 Å². The summed E-state index contributed by atoms with van der Waals surface area (Å²) in [5.41, 5.74) is 0.912. The molecule has 3 amide bonds. The van der Waals surface area contributed by atoms with Crippen LogP contribution in [-0.2, 0) is 25.8 Å². The highest BCUT2D eigenvalue weighted by Gasteiger charge is 2.76. The third-order valence-corrected chi connectivity index (χ3v) is 9.74. The van der Waals surface area contributed by atoms with Crippen molar-refractivity contribution in [3.8, 4) is 0 Å². The maximum atomic E-state index is 14.6. The van der Waals surface area contributed by atoms with Crippen molar-refractivity contribution in [2.45, 2.75) is 42.1 Å². The van der Waals surface area contributed by atoms with Gasteiger partial charge in [-0.1, -0.05) is 63.6 Å². The van der Waals surface area contributed by atoms with Gasteiger partial charge in [0, 0.05) is 36.8 Å². The SMILES string of the molecule is C=CCN(Cn1nnc2ccccc21)C(=O)C1N(CCCO)C(=O)[C@@H]2[C@H](C(=O)N(CC=C)c3ccccc3)[C@H]3OC12CC3Br. The first-order valence-electron chi connectivity index (χ1n) is 14.7. The fraction of sp³-hybridized carbons (Fsp3) is 0.406. The maximum Gasteiger partial charge on any atom is 0.250 e. The van der Waals surface area contributed by atoms with Crippen LogP contribution in [0.3, 0.4) is 0 Å². The number of para-hydroxylation sites is 2. The number of fused-ring (bicyclic) bond motifs is 2. The van der Waals surface area contributed by atoms with Crippen molar-refractivity contribution in [3.05, 3.63) is 79.9 Å². The Hall–Kier alpha value is -3.87. The topological polar surface area (TPSA) is 121 Å². The minimum absolute atomic E-state index is 0.0787. The molecule has 1 N–H and O–H groups in total. The molecule has 0 aliphatic carbocycles. The van der Waals surface area contributed by atoms with Gasteiger partial charge in [0.05, 0.1) is 23.5 Å². The number of aliphatic hydroxyl groups excluding tert-OH is 1. The summed E-state index contributed by atoms with van der Waals surface area (Å²) in [6, 6.07) is 15.7. The van der Waals surface area contributed by atoms with E-state index in [1.807, 2.05) is 54.6 Å². The monoisotopic (exact) mass is 662 g/mol. The number of amides is 3. The largest absolute Gasteiger partial charge is 0.396 e. The molecule has 2 aromatic carbocycles. The van der Waals surface area contributed by atoms with Crippen molar-refractivity contribution in [2.75, 3.05) is 31.1 Å². The number of anilines is 1. The van der Waals surface area contributed by atoms with Gasteiger partial charge in [-0.2, -0.15) is 0 Å². The fourth-order valence-corrected chi connectivity index (χ4v) is 8.08. The Labute approximate surface area is 263 Å². The van der Waals surface area contributed by atoms with Gasteiger partial charge in [0.15, 0.2) is 0 Å². The zero-order valence-electron chi connectivity index (χ0n) is 24.2. The van der Waals surface area contributed by atoms with Crippen LogP contribution in [0.15, 0.2) is 79.9 Å². The summed E-state index contributed by atoms with van der Waals surface area (Å²) in [6.45, 7) is 8.22. The van der Waals surface area contributed by atoms with Gasteiger partial charge < -0.3 is 24.5 Å². The second-order valence-electron chi connectivity index (χ2n) is 11.4. The van der Waals surface area contributed by atoms with E-state index >= 15 is 0 Å². The quantitative estimate of drug-likeness (QED) is 0.234. The molecule has 12 heteroatoms. The van der Waals surface area contributed by atoms with Gasteiger partial charge in [0.2, 0.25) is 17.7 Å². The lowest BCUT2D eigenvalue weighted by Crippen LogP contribution is -2.57. The number of ether oxygens (including phenoxy) is 1. The number of alkyl halides is 1. The number of hydrogen-bond acceptors (Lipinski definition) is 7. The molecule has 2 bridgehead atoms. The molecule has 3 fully saturated rings. The van der Waals surface area contributed by atoms with E-state index in [2.05, 4.69) is 39.4 Å². The molecule has 6 atom stereocenters. The van der Waals surface area contributed by atoms with E-state index in [9.17, 15) is 19.5 Å². The van der Waals surface area contributed by atoms with Crippen LogP contribution < -0.4 is 4.90 Å². The average molecular weight is 664 g/mol. The number of aromatic nitrogens is 3. The number of benzene rings is 2. The molecule has 230 valence electrons. The molecular formula is C32H35BrN6O5. The van der Waals surface area contributed by atoms with Gasteiger partial charge in [0.1, 0.15) is 23.8 Å². The van der Waals surface area contributed by atoms with Crippen molar-refractivity contribution < 1.29 is 24.2 Å². The van der Waals surface area contributed by atoms with Crippen LogP contribution in [0.25, 0.3) is 11.0 Å². The van der Waals surface area contributed by atoms with Crippen molar-refractivity contribution >= 4 is 50.4 Å². The predicted octanol–water partition coefficient (Wildman–Crippen LogP) is 2.75. The summed E-state index contributed by atoms with van der Waals surface area (Å²) in [6.07, 6.45) is 3.33. The zero-order valence-corrected chi connectivity index (χ0v) is 25.8. The smallest absolute Gasteiger partial charge is 0.250 e. The highest BCUT2D eigenvalue weighted by atomic mass is 79.9. The second-order valence-corrected chi connectivity index (χ2v) is 12.6. The number of hydrogen-bond donors (Lipinski definition) is 1. The summed E-state index contributed by atoms with van der Waals surface area (Å²) in [4.78, 5) is 47.8. The van der Waals surface area contributed by atoms with Crippen molar-refractivity contribution in [3.63, 3.8) is 0 Å². The lowest BCUT2D eigenvalue weighted by Gasteiger charge is -2.37. The molecule has 3 aromatic rings. The number of nitrogens with zero attached hydrogens (tertiary/aromatic N) is 6. The number of carbonyl (C=O) groups is 3. The summed E-state index contributed by atoms with van der Waals surface area (Å²) in [5.74, 6) is -2.58. The van der Waals surface area contributed by atoms with Crippen LogP contribution in [0.5, 0.6) is 0 Å². The summed E-state index contributed by atoms with van der Waals surface area (Å²) >= 11 is 3.74. The molecule has 0 radical (unpaired) electrons. The van der Waals surface area contributed by atoms with Gasteiger partial charge in [0.25, 0.3) is 0 Å². The first-order valence-corrected chi connectivity index (χ1v) is 15.7. The van der Waals surface area contributed by atoms with E-state index in [4.69, 9.17) is 4.74 Å². The summed E-state index contributed by atoms with van der Waals surface area (Å²) in [7, 11) is 0. The molecule has 3 aliphatic heterocycles. The number of aliphatic hydroxyl groups is 1. The highest BCUT2D eigenvalue weighted by Crippen LogP contribution is 2.60. The lowest BCUT2D eigenvalue weighted by atomic mass is 9.70. The van der Waals surface area contributed by atoms with E-state index < -0.39 is 29.6 Å². The lowest BCUT2D eigenvalue weighted by molar-refractivity contribution is -0.149. The minimum atomic E-state index is -1.23. The summed E-state index contributed by atoms with van der Waals surface area (Å²) in [5, 5.41) is 18.2. The number of likely N-dealkylation sites (tertiary alicyclic amines) is 1. The Balaban J connectivity index is 1.38. The third kappa shape index (κ3) is 4.85. The van der Waals surface area contributed by atoms with Crippen molar-refractivity contribution in [2.24, 2.45) is 11.8 Å². The van der Waals surface area contributed by atoms with Crippen LogP contribution in [0.4, 0.5) is 5.69 Å². The van der Waals surface area contributed by atoms with Crippen molar-refractivity contribution in [1.82, 2.24) is 24.8 Å². The first kappa shape index (κ1) is 30.2. The third-order valence-electron chi connectivity index (χ3n) is 8.90. The molecule has 3 saturated heterocycles. The van der Waals surface area contributed by atoms with Crippen LogP contribution in [-0.4, -0.2) is 96.4 Å². The molecule has 44 heavy (non-hydrogen) atoms. The molecule has 0 saturated carbocycles. The standard InChI is InChI=1S/C32H35BrN6O5/c1-3-15-36(20-39-24-14-9-8-13-23(24)34-35-39)31(43)28-32-19-22(33)27(44-32)25(26(32)30(42)38(28)17-10-18-40)29(41)37(16-4-2)21-11-6-5-7-12-21/h3-9,11-14,22,25-28,40H,1-2,10,15-20H2/t22?,25-,26-,27-,28?,32?/m0/s1. The Morgan fingerprint density at radius 3 is 2.55 bits per heavy atom. The van der Waals surface area contributed by atoms with E-state index in [1.54, 1.807) is 26.6 Å². The minimum Gasteiger partial charge on any atom is -0.396 e. The average Bonchev–Trinajstić information content (AvgIpc) is 3.75.